The largest absolute Gasteiger partial charge is 0.411 e. The first-order valence-electron chi connectivity index (χ1n) is 10.3. The van der Waals surface area contributed by atoms with E-state index in [9.17, 15) is 26.4 Å². The number of fused-ring (bicyclic) bond motifs is 2. The van der Waals surface area contributed by atoms with E-state index < -0.39 is 38.4 Å². The second kappa shape index (κ2) is 8.98. The second-order valence-electron chi connectivity index (χ2n) is 8.46. The Hall–Kier alpha value is -2.59. The first kappa shape index (κ1) is 23.6. The number of hydrogen-bond acceptors (Lipinski definition) is 5. The second-order valence-corrected chi connectivity index (χ2v) is 10.9. The molecule has 2 aliphatic rings. The zero-order valence-corrected chi connectivity index (χ0v) is 18.7. The van der Waals surface area contributed by atoms with Crippen molar-refractivity contribution in [3.8, 4) is 0 Å². The van der Waals surface area contributed by atoms with Crippen LogP contribution in [0, 0.1) is 35.2 Å². The molecule has 0 radical (unpaired) electrons. The Labute approximate surface area is 193 Å². The number of nitrogens with zero attached hydrogens (tertiary/aromatic N) is 1. The van der Waals surface area contributed by atoms with Gasteiger partial charge in [-0.15, -0.1) is 5.16 Å². The monoisotopic (exact) mass is 500 g/mol. The quantitative estimate of drug-likeness (QED) is 0.260. The maximum atomic E-state index is 13.6. The molecule has 2 aliphatic carbocycles. The standard InChI is InChI=1S/C22H20ClF3N2O4S/c23-16-4-3-14(22(29)28-15-8-17(24)20(26)18(25)9-15)7-19(16)33(31,32)21-12-1-2-13(21)6-11(5-12)10-27-30/h3-4,7-13,21,30H,1-2,5-6H2,(H,28,29)/b27-10+/t11?,12-,13?,21?/m0/s1. The molecule has 2 bridgehead atoms. The van der Waals surface area contributed by atoms with Gasteiger partial charge in [0, 0.05) is 29.6 Å². The number of nitrogens with one attached hydrogen (secondary N) is 1. The number of oxime groups is 1. The minimum Gasteiger partial charge on any atom is -0.411 e. The Morgan fingerprint density at radius 3 is 2.27 bits per heavy atom. The fourth-order valence-electron chi connectivity index (χ4n) is 5.08. The highest BCUT2D eigenvalue weighted by Crippen LogP contribution is 2.49. The zero-order valence-electron chi connectivity index (χ0n) is 17.1. The van der Waals surface area contributed by atoms with Crippen LogP contribution >= 0.6 is 11.6 Å². The van der Waals surface area contributed by atoms with Gasteiger partial charge in [0.1, 0.15) is 0 Å². The maximum absolute atomic E-state index is 13.6. The van der Waals surface area contributed by atoms with Crippen LogP contribution in [0.2, 0.25) is 5.02 Å². The van der Waals surface area contributed by atoms with E-state index >= 15 is 0 Å². The summed E-state index contributed by atoms with van der Waals surface area (Å²) in [6, 6.07) is 4.95. The number of rotatable bonds is 5. The molecular formula is C22H20ClF3N2O4S. The van der Waals surface area contributed by atoms with Gasteiger partial charge >= 0.3 is 0 Å². The molecule has 176 valence electrons. The normalized spacial score (nSPS) is 24.8. The molecule has 2 N–H and O–H groups in total. The summed E-state index contributed by atoms with van der Waals surface area (Å²) in [6.45, 7) is 0. The van der Waals surface area contributed by atoms with Gasteiger partial charge in [-0.3, -0.25) is 4.79 Å². The van der Waals surface area contributed by atoms with Gasteiger partial charge in [-0.1, -0.05) is 11.6 Å². The molecule has 3 unspecified atom stereocenters. The average molecular weight is 501 g/mol. The van der Waals surface area contributed by atoms with E-state index in [2.05, 4.69) is 10.5 Å². The molecular weight excluding hydrogens is 481 g/mol. The number of sulfone groups is 1. The average Bonchev–Trinajstić information content (AvgIpc) is 3.04. The van der Waals surface area contributed by atoms with E-state index in [-0.39, 0.29) is 38.9 Å². The van der Waals surface area contributed by atoms with Gasteiger partial charge in [0.25, 0.3) is 5.91 Å². The molecule has 0 saturated heterocycles. The lowest BCUT2D eigenvalue weighted by Gasteiger charge is -2.33. The molecule has 6 nitrogen and oxygen atoms in total. The predicted octanol–water partition coefficient (Wildman–Crippen LogP) is 5.05. The topological polar surface area (TPSA) is 95.8 Å². The summed E-state index contributed by atoms with van der Waals surface area (Å²) >= 11 is 6.21. The van der Waals surface area contributed by atoms with E-state index in [1.54, 1.807) is 0 Å². The molecule has 2 saturated carbocycles. The highest BCUT2D eigenvalue weighted by molar-refractivity contribution is 7.92. The number of carbonyl (C=O) groups is 1. The molecule has 0 aromatic heterocycles. The van der Waals surface area contributed by atoms with Crippen molar-refractivity contribution in [2.45, 2.75) is 35.8 Å². The number of halogens is 4. The summed E-state index contributed by atoms with van der Waals surface area (Å²) in [7, 11) is -3.90. The van der Waals surface area contributed by atoms with E-state index in [4.69, 9.17) is 16.8 Å². The van der Waals surface area contributed by atoms with Crippen LogP contribution in [-0.2, 0) is 9.84 Å². The van der Waals surface area contributed by atoms with Crippen molar-refractivity contribution in [2.24, 2.45) is 22.9 Å². The summed E-state index contributed by atoms with van der Waals surface area (Å²) < 4.78 is 67.1. The third-order valence-electron chi connectivity index (χ3n) is 6.43. The van der Waals surface area contributed by atoms with Crippen LogP contribution in [0.4, 0.5) is 18.9 Å². The van der Waals surface area contributed by atoms with E-state index in [1.807, 2.05) is 0 Å². The van der Waals surface area contributed by atoms with Crippen LogP contribution in [0.25, 0.3) is 0 Å². The predicted molar refractivity (Wildman–Crippen MR) is 116 cm³/mol. The van der Waals surface area contributed by atoms with Gasteiger partial charge in [-0.05, 0) is 61.6 Å². The molecule has 11 heteroatoms. The Morgan fingerprint density at radius 2 is 1.70 bits per heavy atom. The summed E-state index contributed by atoms with van der Waals surface area (Å²) in [4.78, 5) is 12.4. The van der Waals surface area contributed by atoms with Gasteiger partial charge in [0.15, 0.2) is 27.3 Å². The Kier molecular flexibility index (Phi) is 6.41. The van der Waals surface area contributed by atoms with Crippen molar-refractivity contribution in [3.63, 3.8) is 0 Å². The summed E-state index contributed by atoms with van der Waals surface area (Å²) in [5.41, 5.74) is -0.408. The van der Waals surface area contributed by atoms with E-state index in [0.717, 1.165) is 18.9 Å². The smallest absolute Gasteiger partial charge is 0.255 e. The number of anilines is 1. The Balaban J connectivity index is 1.61. The molecule has 4 rings (SSSR count). The molecule has 1 amide bonds. The lowest BCUT2D eigenvalue weighted by Crippen LogP contribution is -2.38. The van der Waals surface area contributed by atoms with Crippen molar-refractivity contribution in [2.75, 3.05) is 5.32 Å². The van der Waals surface area contributed by atoms with Crippen LogP contribution < -0.4 is 5.32 Å². The van der Waals surface area contributed by atoms with Crippen LogP contribution in [0.15, 0.2) is 40.4 Å². The highest BCUT2D eigenvalue weighted by atomic mass is 35.5. The fraction of sp³-hybridized carbons (Fsp3) is 0.364. The molecule has 0 heterocycles. The Bertz CT molecular complexity index is 1200. The minimum absolute atomic E-state index is 0.00281. The summed E-state index contributed by atoms with van der Waals surface area (Å²) in [5.74, 6) is -5.69. The number of carbonyl (C=O) groups excluding carboxylic acids is 1. The lowest BCUT2D eigenvalue weighted by molar-refractivity contribution is 0.102. The van der Waals surface area contributed by atoms with Crippen molar-refractivity contribution >= 4 is 39.2 Å². The SMILES string of the molecule is O=C(Nc1cc(F)c(F)c(F)c1)c1ccc(Cl)c(S(=O)(=O)C2C3CC[C@H]2CC(/C=N/O)C3)c1. The van der Waals surface area contributed by atoms with Crippen LogP contribution in [0.1, 0.15) is 36.0 Å². The van der Waals surface area contributed by atoms with Crippen LogP contribution in [0.5, 0.6) is 0 Å². The van der Waals surface area contributed by atoms with Crippen LogP contribution in [0.3, 0.4) is 0 Å². The third-order valence-corrected chi connectivity index (χ3v) is 9.30. The van der Waals surface area contributed by atoms with Gasteiger partial charge in [0.2, 0.25) is 0 Å². The van der Waals surface area contributed by atoms with Crippen molar-refractivity contribution in [1.29, 1.82) is 0 Å². The van der Waals surface area contributed by atoms with Gasteiger partial charge in [0.05, 0.1) is 15.2 Å². The van der Waals surface area contributed by atoms with Gasteiger partial charge < -0.3 is 10.5 Å². The fourth-order valence-corrected chi connectivity index (χ4v) is 7.95. The highest BCUT2D eigenvalue weighted by Gasteiger charge is 2.49. The summed E-state index contributed by atoms with van der Waals surface area (Å²) in [6.07, 6.45) is 4.04. The molecule has 2 fully saturated rings. The third kappa shape index (κ3) is 4.46. The van der Waals surface area contributed by atoms with Gasteiger partial charge in [-0.2, -0.15) is 0 Å². The minimum atomic E-state index is -3.90. The van der Waals surface area contributed by atoms with Crippen molar-refractivity contribution in [1.82, 2.24) is 0 Å². The molecule has 0 aliphatic heterocycles. The van der Waals surface area contributed by atoms with Crippen LogP contribution in [-0.4, -0.2) is 31.0 Å². The van der Waals surface area contributed by atoms with Gasteiger partial charge in [-0.25, -0.2) is 21.6 Å². The van der Waals surface area contributed by atoms with Crippen molar-refractivity contribution < 1.29 is 31.6 Å². The van der Waals surface area contributed by atoms with E-state index in [1.165, 1.54) is 18.3 Å². The molecule has 33 heavy (non-hydrogen) atoms. The number of hydrogen-bond donors (Lipinski definition) is 2. The first-order valence-corrected chi connectivity index (χ1v) is 12.2. The first-order chi connectivity index (χ1) is 15.6. The van der Waals surface area contributed by atoms with Crippen molar-refractivity contribution in [3.05, 3.63) is 58.4 Å². The molecule has 4 atom stereocenters. The lowest BCUT2D eigenvalue weighted by atomic mass is 9.81. The van der Waals surface area contributed by atoms with E-state index in [0.29, 0.717) is 25.0 Å². The maximum Gasteiger partial charge on any atom is 0.255 e. The molecule has 2 aromatic carbocycles. The molecule has 2 aromatic rings. The number of benzene rings is 2. The molecule has 0 spiro atoms. The Morgan fingerprint density at radius 1 is 1.09 bits per heavy atom. The number of amides is 1. The zero-order chi connectivity index (χ0) is 23.9. The summed E-state index contributed by atoms with van der Waals surface area (Å²) in [5, 5.41) is 13.4.